The van der Waals surface area contributed by atoms with Gasteiger partial charge < -0.3 is 10.1 Å². The Balaban J connectivity index is 2.00. The number of amides is 1. The van der Waals surface area contributed by atoms with E-state index < -0.39 is 10.0 Å². The second-order valence-electron chi connectivity index (χ2n) is 5.90. The first-order chi connectivity index (χ1) is 13.0. The predicted molar refractivity (Wildman–Crippen MR) is 103 cm³/mol. The van der Waals surface area contributed by atoms with Gasteiger partial charge >= 0.3 is 0 Å². The quantitative estimate of drug-likeness (QED) is 0.601. The maximum atomic E-state index is 12.5. The number of anilines is 2. The molecule has 1 heterocycles. The summed E-state index contributed by atoms with van der Waals surface area (Å²) < 4.78 is 32.3. The largest absolute Gasteiger partial charge is 0.478 e. The van der Waals surface area contributed by atoms with Gasteiger partial charge in [-0.05, 0) is 30.7 Å². The molecule has 0 saturated heterocycles. The van der Waals surface area contributed by atoms with Gasteiger partial charge in [0.25, 0.3) is 15.9 Å². The summed E-state index contributed by atoms with van der Waals surface area (Å²) in [5, 5.41) is 2.77. The van der Waals surface area contributed by atoms with Crippen LogP contribution in [-0.4, -0.2) is 31.4 Å². The molecule has 1 aromatic heterocycles. The lowest BCUT2D eigenvalue weighted by Gasteiger charge is -2.10. The normalized spacial score (nSPS) is 11.0. The SMILES string of the molecule is CCCCCCC(=O)Nc1ccc(S(=O)(=O)Nc2nccnc2OC)cc1. The monoisotopic (exact) mass is 392 g/mol. The highest BCUT2D eigenvalue weighted by molar-refractivity contribution is 7.92. The summed E-state index contributed by atoms with van der Waals surface area (Å²) >= 11 is 0. The van der Waals surface area contributed by atoms with Crippen LogP contribution in [0.2, 0.25) is 0 Å². The Morgan fingerprint density at radius 2 is 1.78 bits per heavy atom. The summed E-state index contributed by atoms with van der Waals surface area (Å²) in [5.41, 5.74) is 0.548. The van der Waals surface area contributed by atoms with Crippen molar-refractivity contribution in [2.24, 2.45) is 0 Å². The molecule has 9 heteroatoms. The Bertz CT molecular complexity index is 854. The molecule has 0 unspecified atom stereocenters. The van der Waals surface area contributed by atoms with Crippen molar-refractivity contribution in [3.8, 4) is 5.88 Å². The summed E-state index contributed by atoms with van der Waals surface area (Å²) in [5.74, 6) is 0.00150. The van der Waals surface area contributed by atoms with Crippen molar-refractivity contribution in [2.75, 3.05) is 17.1 Å². The van der Waals surface area contributed by atoms with Crippen molar-refractivity contribution >= 4 is 27.4 Å². The van der Waals surface area contributed by atoms with Crippen molar-refractivity contribution in [3.05, 3.63) is 36.7 Å². The summed E-state index contributed by atoms with van der Waals surface area (Å²) in [6, 6.07) is 5.93. The smallest absolute Gasteiger partial charge is 0.263 e. The Labute approximate surface area is 159 Å². The zero-order valence-corrected chi connectivity index (χ0v) is 16.3. The van der Waals surface area contributed by atoms with Gasteiger partial charge in [0.1, 0.15) is 0 Å². The summed E-state index contributed by atoms with van der Waals surface area (Å²) in [6.45, 7) is 2.12. The van der Waals surface area contributed by atoms with E-state index >= 15 is 0 Å². The third kappa shape index (κ3) is 6.21. The van der Waals surface area contributed by atoms with Gasteiger partial charge in [-0.3, -0.25) is 9.52 Å². The molecule has 146 valence electrons. The van der Waals surface area contributed by atoms with Gasteiger partial charge in [0.05, 0.1) is 12.0 Å². The van der Waals surface area contributed by atoms with Gasteiger partial charge in [-0.15, -0.1) is 0 Å². The first kappa shape index (κ1) is 20.6. The van der Waals surface area contributed by atoms with E-state index in [0.717, 1.165) is 25.7 Å². The zero-order valence-electron chi connectivity index (χ0n) is 15.4. The van der Waals surface area contributed by atoms with Crippen LogP contribution in [0.15, 0.2) is 41.6 Å². The molecule has 0 aliphatic carbocycles. The zero-order chi connectivity index (χ0) is 19.7. The summed E-state index contributed by atoms with van der Waals surface area (Å²) in [6.07, 6.45) is 7.31. The number of carbonyl (C=O) groups excluding carboxylic acids is 1. The fraction of sp³-hybridized carbons (Fsp3) is 0.389. The molecule has 2 rings (SSSR count). The third-order valence-corrected chi connectivity index (χ3v) is 5.15. The van der Waals surface area contributed by atoms with E-state index in [-0.39, 0.29) is 22.5 Å². The lowest BCUT2D eigenvalue weighted by atomic mass is 10.1. The predicted octanol–water partition coefficient (Wildman–Crippen LogP) is 3.19. The minimum atomic E-state index is -3.86. The van der Waals surface area contributed by atoms with Crippen LogP contribution < -0.4 is 14.8 Å². The minimum Gasteiger partial charge on any atom is -0.478 e. The Morgan fingerprint density at radius 3 is 2.44 bits per heavy atom. The van der Waals surface area contributed by atoms with Gasteiger partial charge in [-0.2, -0.15) is 0 Å². The van der Waals surface area contributed by atoms with Gasteiger partial charge in [0, 0.05) is 24.5 Å². The van der Waals surface area contributed by atoms with Crippen molar-refractivity contribution in [1.29, 1.82) is 0 Å². The summed E-state index contributed by atoms with van der Waals surface area (Å²) in [4.78, 5) is 19.8. The van der Waals surface area contributed by atoms with Crippen molar-refractivity contribution in [3.63, 3.8) is 0 Å². The van der Waals surface area contributed by atoms with Gasteiger partial charge in [-0.1, -0.05) is 26.2 Å². The molecule has 2 N–H and O–H groups in total. The van der Waals surface area contributed by atoms with E-state index in [2.05, 4.69) is 26.9 Å². The molecule has 27 heavy (non-hydrogen) atoms. The van der Waals surface area contributed by atoms with Crippen molar-refractivity contribution in [1.82, 2.24) is 9.97 Å². The molecule has 0 spiro atoms. The number of unbranched alkanes of at least 4 members (excludes halogenated alkanes) is 3. The van der Waals surface area contributed by atoms with Crippen LogP contribution in [0, 0.1) is 0 Å². The maximum Gasteiger partial charge on any atom is 0.263 e. The second kappa shape index (κ2) is 9.86. The van der Waals surface area contributed by atoms with E-state index in [1.807, 2.05) is 0 Å². The van der Waals surface area contributed by atoms with Gasteiger partial charge in [0.2, 0.25) is 11.7 Å². The van der Waals surface area contributed by atoms with E-state index in [9.17, 15) is 13.2 Å². The van der Waals surface area contributed by atoms with Crippen LogP contribution >= 0.6 is 0 Å². The number of sulfonamides is 1. The highest BCUT2D eigenvalue weighted by Gasteiger charge is 2.18. The van der Waals surface area contributed by atoms with Crippen LogP contribution in [0.3, 0.4) is 0 Å². The fourth-order valence-electron chi connectivity index (χ4n) is 2.38. The molecular weight excluding hydrogens is 368 g/mol. The highest BCUT2D eigenvalue weighted by atomic mass is 32.2. The van der Waals surface area contributed by atoms with E-state index in [0.29, 0.717) is 12.1 Å². The molecule has 2 aromatic rings. The fourth-order valence-corrected chi connectivity index (χ4v) is 3.39. The molecule has 0 radical (unpaired) electrons. The van der Waals surface area contributed by atoms with Crippen LogP contribution in [0.4, 0.5) is 11.5 Å². The van der Waals surface area contributed by atoms with Crippen LogP contribution in [-0.2, 0) is 14.8 Å². The number of methoxy groups -OCH3 is 1. The molecule has 0 atom stereocenters. The minimum absolute atomic E-state index is 0.00413. The van der Waals surface area contributed by atoms with Gasteiger partial charge in [0.15, 0.2) is 0 Å². The number of hydrogen-bond donors (Lipinski definition) is 2. The molecule has 1 amide bonds. The highest BCUT2D eigenvalue weighted by Crippen LogP contribution is 2.22. The number of ether oxygens (including phenoxy) is 1. The molecule has 0 aliphatic heterocycles. The number of carbonyl (C=O) groups is 1. The average Bonchev–Trinajstić information content (AvgIpc) is 2.66. The lowest BCUT2D eigenvalue weighted by molar-refractivity contribution is -0.116. The standard InChI is InChI=1S/C18H24N4O4S/c1-3-4-5-6-7-16(23)21-14-8-10-15(11-9-14)27(24,25)22-17-18(26-2)20-13-12-19-17/h8-13H,3-7H2,1-2H3,(H,19,22)(H,21,23). The van der Waals surface area contributed by atoms with Gasteiger partial charge in [-0.25, -0.2) is 18.4 Å². The van der Waals surface area contributed by atoms with Crippen molar-refractivity contribution < 1.29 is 17.9 Å². The third-order valence-electron chi connectivity index (χ3n) is 3.79. The first-order valence-electron chi connectivity index (χ1n) is 8.74. The molecule has 0 saturated carbocycles. The lowest BCUT2D eigenvalue weighted by Crippen LogP contribution is -2.15. The van der Waals surface area contributed by atoms with Crippen molar-refractivity contribution in [2.45, 2.75) is 43.9 Å². The topological polar surface area (TPSA) is 110 Å². The Morgan fingerprint density at radius 1 is 1.07 bits per heavy atom. The van der Waals surface area contributed by atoms with E-state index in [1.165, 1.54) is 31.6 Å². The molecular formula is C18H24N4O4S. The number of nitrogens with one attached hydrogen (secondary N) is 2. The molecule has 0 fully saturated rings. The van der Waals surface area contributed by atoms with E-state index in [4.69, 9.17) is 4.74 Å². The number of aromatic nitrogens is 2. The number of rotatable bonds is 10. The van der Waals surface area contributed by atoms with Crippen LogP contribution in [0.5, 0.6) is 5.88 Å². The van der Waals surface area contributed by atoms with Crippen LogP contribution in [0.25, 0.3) is 0 Å². The molecule has 8 nitrogen and oxygen atoms in total. The number of nitrogens with zero attached hydrogens (tertiary/aromatic N) is 2. The number of benzene rings is 1. The Hall–Kier alpha value is -2.68. The second-order valence-corrected chi connectivity index (χ2v) is 7.59. The van der Waals surface area contributed by atoms with E-state index in [1.54, 1.807) is 12.1 Å². The molecule has 0 aliphatic rings. The Kier molecular flexibility index (Phi) is 7.54. The average molecular weight is 392 g/mol. The van der Waals surface area contributed by atoms with Crippen LogP contribution in [0.1, 0.15) is 39.0 Å². The molecule has 1 aromatic carbocycles. The first-order valence-corrected chi connectivity index (χ1v) is 10.2. The summed E-state index contributed by atoms with van der Waals surface area (Å²) in [7, 11) is -2.48. The number of hydrogen-bond acceptors (Lipinski definition) is 6. The molecule has 0 bridgehead atoms. The maximum absolute atomic E-state index is 12.5.